The fraction of sp³-hybridized carbons (Fsp3) is 0.455. The number of fused-ring (bicyclic) bond motifs is 2. The van der Waals surface area contributed by atoms with E-state index < -0.39 is 12.8 Å². The van der Waals surface area contributed by atoms with Gasteiger partial charge < -0.3 is 5.32 Å². The molecular formula is C22H25F2N7. The van der Waals surface area contributed by atoms with Crippen molar-refractivity contribution in [1.29, 1.82) is 0 Å². The Morgan fingerprint density at radius 1 is 1.16 bits per heavy atom. The molecule has 162 valence electrons. The quantitative estimate of drug-likeness (QED) is 0.488. The number of rotatable bonds is 6. The van der Waals surface area contributed by atoms with Gasteiger partial charge in [0, 0.05) is 48.2 Å². The maximum Gasteiger partial charge on any atom is 0.244 e. The Morgan fingerprint density at radius 3 is 2.77 bits per heavy atom. The van der Waals surface area contributed by atoms with E-state index in [1.54, 1.807) is 33.7 Å². The van der Waals surface area contributed by atoms with Gasteiger partial charge in [-0.25, -0.2) is 28.2 Å². The molecule has 1 aliphatic rings. The molecule has 4 aromatic heterocycles. The Bertz CT molecular complexity index is 1190. The summed E-state index contributed by atoms with van der Waals surface area (Å²) in [4.78, 5) is 13.0. The van der Waals surface area contributed by atoms with Gasteiger partial charge in [-0.1, -0.05) is 13.3 Å². The van der Waals surface area contributed by atoms with Crippen LogP contribution in [0.1, 0.15) is 44.7 Å². The molecule has 1 saturated carbocycles. The lowest BCUT2D eigenvalue weighted by molar-refractivity contribution is 0.148. The molecule has 9 heteroatoms. The van der Waals surface area contributed by atoms with Gasteiger partial charge in [-0.3, -0.25) is 4.40 Å². The molecular weight excluding hydrogens is 400 g/mol. The van der Waals surface area contributed by atoms with Crippen LogP contribution in [0.4, 0.5) is 14.7 Å². The van der Waals surface area contributed by atoms with Crippen molar-refractivity contribution in [2.24, 2.45) is 5.92 Å². The predicted octanol–water partition coefficient (Wildman–Crippen LogP) is 4.63. The minimum absolute atomic E-state index is 0.280. The average molecular weight is 425 g/mol. The largest absolute Gasteiger partial charge is 0.350 e. The minimum atomic E-state index is -2.50. The highest BCUT2D eigenvalue weighted by atomic mass is 19.3. The Kier molecular flexibility index (Phi) is 5.25. The molecule has 4 aromatic rings. The van der Waals surface area contributed by atoms with Gasteiger partial charge in [0.1, 0.15) is 0 Å². The lowest BCUT2D eigenvalue weighted by Crippen LogP contribution is -2.27. The molecule has 31 heavy (non-hydrogen) atoms. The van der Waals surface area contributed by atoms with E-state index in [1.807, 2.05) is 12.3 Å². The van der Waals surface area contributed by atoms with Crippen molar-refractivity contribution in [1.82, 2.24) is 29.0 Å². The third-order valence-corrected chi connectivity index (χ3v) is 6.24. The van der Waals surface area contributed by atoms with Crippen LogP contribution in [0, 0.1) is 5.92 Å². The normalized spacial score (nSPS) is 19.5. The summed E-state index contributed by atoms with van der Waals surface area (Å²) >= 11 is 0. The van der Waals surface area contributed by atoms with Crippen molar-refractivity contribution >= 4 is 17.2 Å². The van der Waals surface area contributed by atoms with Gasteiger partial charge in [0.05, 0.1) is 17.6 Å². The number of hydrogen-bond acceptors (Lipinski definition) is 5. The molecule has 1 N–H and O–H groups in total. The van der Waals surface area contributed by atoms with E-state index in [0.29, 0.717) is 22.9 Å². The van der Waals surface area contributed by atoms with Gasteiger partial charge in [-0.2, -0.15) is 0 Å². The molecule has 5 rings (SSSR count). The molecule has 7 nitrogen and oxygen atoms in total. The summed E-state index contributed by atoms with van der Waals surface area (Å²) in [5.74, 6) is 1.78. The zero-order chi connectivity index (χ0) is 21.4. The molecule has 0 aliphatic heterocycles. The van der Waals surface area contributed by atoms with Crippen molar-refractivity contribution in [3.63, 3.8) is 0 Å². The van der Waals surface area contributed by atoms with Crippen LogP contribution in [0.2, 0.25) is 0 Å². The Morgan fingerprint density at radius 2 is 2.00 bits per heavy atom. The Balaban J connectivity index is 1.51. The first kappa shape index (κ1) is 19.8. The molecule has 0 aromatic carbocycles. The number of halogens is 2. The highest BCUT2D eigenvalue weighted by Crippen LogP contribution is 2.30. The van der Waals surface area contributed by atoms with Crippen molar-refractivity contribution in [2.75, 3.05) is 5.32 Å². The summed E-state index contributed by atoms with van der Waals surface area (Å²) < 4.78 is 30.3. The molecule has 0 amide bonds. The van der Waals surface area contributed by atoms with Gasteiger partial charge in [0.15, 0.2) is 0 Å². The first-order valence-electron chi connectivity index (χ1n) is 10.8. The first-order chi connectivity index (χ1) is 15.1. The maximum absolute atomic E-state index is 13.4. The summed E-state index contributed by atoms with van der Waals surface area (Å²) in [5, 5.41) is 7.97. The summed E-state index contributed by atoms with van der Waals surface area (Å²) in [6, 6.07) is 2.15. The standard InChI is InChI=1S/C22H25F2N7/c1-2-14-3-5-16(6-4-14)27-21-28-18(11-19(23)24)20-17(7-9-31(20)29-21)15-12-26-22-25-8-10-30(22)13-15/h7-10,12-14,16,19H,2-6,11H2,1H3,(H,27,29). The second-order valence-corrected chi connectivity index (χ2v) is 8.25. The molecule has 0 spiro atoms. The predicted molar refractivity (Wildman–Crippen MR) is 114 cm³/mol. The van der Waals surface area contributed by atoms with Crippen LogP contribution in [-0.2, 0) is 6.42 Å². The Hall–Kier alpha value is -3.10. The van der Waals surface area contributed by atoms with Gasteiger partial charge in [0.2, 0.25) is 18.2 Å². The second kappa shape index (κ2) is 8.20. The SMILES string of the molecule is CCC1CCC(Nc2nc(CC(F)F)c3c(-c4cnc5nccn5c4)ccn3n2)CC1. The molecule has 0 unspecified atom stereocenters. The monoisotopic (exact) mass is 425 g/mol. The molecule has 0 radical (unpaired) electrons. The molecule has 0 atom stereocenters. The van der Waals surface area contributed by atoms with Crippen LogP contribution in [0.25, 0.3) is 22.4 Å². The van der Waals surface area contributed by atoms with Gasteiger partial charge in [0.25, 0.3) is 0 Å². The lowest BCUT2D eigenvalue weighted by Gasteiger charge is -2.28. The molecule has 1 fully saturated rings. The molecule has 4 heterocycles. The van der Waals surface area contributed by atoms with Crippen LogP contribution in [0.3, 0.4) is 0 Å². The van der Waals surface area contributed by atoms with Crippen molar-refractivity contribution in [2.45, 2.75) is 57.9 Å². The van der Waals surface area contributed by atoms with Crippen molar-refractivity contribution < 1.29 is 8.78 Å². The zero-order valence-electron chi connectivity index (χ0n) is 17.4. The van der Waals surface area contributed by atoms with E-state index in [4.69, 9.17) is 0 Å². The number of hydrogen-bond donors (Lipinski definition) is 1. The van der Waals surface area contributed by atoms with E-state index in [0.717, 1.165) is 29.9 Å². The van der Waals surface area contributed by atoms with Crippen molar-refractivity contribution in [3.8, 4) is 11.1 Å². The Labute approximate surface area is 178 Å². The second-order valence-electron chi connectivity index (χ2n) is 8.25. The molecule has 0 bridgehead atoms. The number of alkyl halides is 2. The number of aromatic nitrogens is 6. The van der Waals surface area contributed by atoms with E-state index in [1.165, 1.54) is 19.3 Å². The van der Waals surface area contributed by atoms with E-state index in [9.17, 15) is 8.78 Å². The van der Waals surface area contributed by atoms with Crippen LogP contribution in [0.15, 0.2) is 37.1 Å². The fourth-order valence-corrected chi connectivity index (χ4v) is 4.53. The number of nitrogens with one attached hydrogen (secondary N) is 1. The third-order valence-electron chi connectivity index (χ3n) is 6.24. The summed E-state index contributed by atoms with van der Waals surface area (Å²) in [6.07, 6.45) is 11.6. The summed E-state index contributed by atoms with van der Waals surface area (Å²) in [5.41, 5.74) is 2.49. The fourth-order valence-electron chi connectivity index (χ4n) is 4.53. The highest BCUT2D eigenvalue weighted by molar-refractivity contribution is 5.82. The minimum Gasteiger partial charge on any atom is -0.350 e. The van der Waals surface area contributed by atoms with E-state index >= 15 is 0 Å². The third kappa shape index (κ3) is 3.96. The number of anilines is 1. The van der Waals surface area contributed by atoms with Crippen LogP contribution in [0.5, 0.6) is 0 Å². The number of imidazole rings is 1. The number of nitrogens with zero attached hydrogens (tertiary/aromatic N) is 6. The first-order valence-corrected chi connectivity index (χ1v) is 10.8. The molecule has 1 aliphatic carbocycles. The van der Waals surface area contributed by atoms with Gasteiger partial charge in [-0.05, 0) is 37.7 Å². The molecule has 0 saturated heterocycles. The maximum atomic E-state index is 13.4. The van der Waals surface area contributed by atoms with Crippen molar-refractivity contribution in [3.05, 3.63) is 42.7 Å². The van der Waals surface area contributed by atoms with Gasteiger partial charge in [-0.15, -0.1) is 5.10 Å². The topological polar surface area (TPSA) is 72.4 Å². The summed E-state index contributed by atoms with van der Waals surface area (Å²) in [6.45, 7) is 2.23. The van der Waals surface area contributed by atoms with Gasteiger partial charge >= 0.3 is 0 Å². The van der Waals surface area contributed by atoms with Crippen LogP contribution < -0.4 is 5.32 Å². The average Bonchev–Trinajstić information content (AvgIpc) is 3.40. The van der Waals surface area contributed by atoms with E-state index in [-0.39, 0.29) is 6.04 Å². The van der Waals surface area contributed by atoms with Crippen LogP contribution >= 0.6 is 0 Å². The highest BCUT2D eigenvalue weighted by Gasteiger charge is 2.22. The van der Waals surface area contributed by atoms with E-state index in [2.05, 4.69) is 32.3 Å². The summed E-state index contributed by atoms with van der Waals surface area (Å²) in [7, 11) is 0. The zero-order valence-corrected chi connectivity index (χ0v) is 17.4. The van der Waals surface area contributed by atoms with Crippen LogP contribution in [-0.4, -0.2) is 41.4 Å². The lowest BCUT2D eigenvalue weighted by atomic mass is 9.85. The smallest absolute Gasteiger partial charge is 0.244 e.